The Hall–Kier alpha value is -2.76. The Morgan fingerprint density at radius 1 is 0.909 bits per heavy atom. The van der Waals surface area contributed by atoms with E-state index in [2.05, 4.69) is 10.6 Å². The minimum absolute atomic E-state index is 0.145. The number of halogens is 2. The Morgan fingerprint density at radius 3 is 2.32 bits per heavy atom. The summed E-state index contributed by atoms with van der Waals surface area (Å²) < 4.78 is 25.7. The van der Waals surface area contributed by atoms with Gasteiger partial charge in [0.25, 0.3) is 5.91 Å². The van der Waals surface area contributed by atoms with Gasteiger partial charge in [0.05, 0.1) is 6.54 Å². The molecule has 0 atom stereocenters. The lowest BCUT2D eigenvalue weighted by molar-refractivity contribution is -0.120. The normalized spacial score (nSPS) is 10.1. The highest BCUT2D eigenvalue weighted by molar-refractivity contribution is 5.96. The zero-order chi connectivity index (χ0) is 15.9. The largest absolute Gasteiger partial charge is 0.350 e. The van der Waals surface area contributed by atoms with Crippen molar-refractivity contribution in [1.29, 1.82) is 0 Å². The van der Waals surface area contributed by atoms with Gasteiger partial charge in [0, 0.05) is 12.1 Å². The maximum Gasteiger partial charge on any atom is 0.251 e. The molecular formula is C16H14F2N2O2. The summed E-state index contributed by atoms with van der Waals surface area (Å²) in [6.07, 6.45) is 0. The van der Waals surface area contributed by atoms with E-state index in [-0.39, 0.29) is 24.5 Å². The molecule has 2 N–H and O–H groups in total. The fourth-order valence-corrected chi connectivity index (χ4v) is 1.76. The van der Waals surface area contributed by atoms with E-state index in [0.29, 0.717) is 0 Å². The van der Waals surface area contributed by atoms with Crippen molar-refractivity contribution >= 4 is 11.8 Å². The van der Waals surface area contributed by atoms with Gasteiger partial charge in [0.1, 0.15) is 11.6 Å². The number of carbonyl (C=O) groups excluding carboxylic acids is 2. The van der Waals surface area contributed by atoms with E-state index in [9.17, 15) is 18.4 Å². The fourth-order valence-electron chi connectivity index (χ4n) is 1.76. The highest BCUT2D eigenvalue weighted by Gasteiger charge is 2.08. The number of carbonyl (C=O) groups is 2. The first kappa shape index (κ1) is 15.6. The minimum Gasteiger partial charge on any atom is -0.350 e. The fraction of sp³-hybridized carbons (Fsp3) is 0.125. The average Bonchev–Trinajstić information content (AvgIpc) is 2.52. The molecule has 4 nitrogen and oxygen atoms in total. The first-order chi connectivity index (χ1) is 10.5. The summed E-state index contributed by atoms with van der Waals surface area (Å²) in [5.74, 6) is -1.80. The molecule has 2 amide bonds. The lowest BCUT2D eigenvalue weighted by atomic mass is 10.2. The average molecular weight is 304 g/mol. The molecule has 0 saturated carbocycles. The summed E-state index contributed by atoms with van der Waals surface area (Å²) in [6, 6.07) is 10.9. The smallest absolute Gasteiger partial charge is 0.251 e. The van der Waals surface area contributed by atoms with E-state index in [1.54, 1.807) is 12.1 Å². The van der Waals surface area contributed by atoms with E-state index in [1.165, 1.54) is 30.3 Å². The van der Waals surface area contributed by atoms with Crippen LogP contribution in [0, 0.1) is 11.6 Å². The van der Waals surface area contributed by atoms with Crippen LogP contribution in [0.2, 0.25) is 0 Å². The van der Waals surface area contributed by atoms with Gasteiger partial charge in [-0.2, -0.15) is 0 Å². The molecule has 22 heavy (non-hydrogen) atoms. The molecule has 0 fully saturated rings. The zero-order valence-corrected chi connectivity index (χ0v) is 11.6. The van der Waals surface area contributed by atoms with Gasteiger partial charge in [-0.15, -0.1) is 0 Å². The Labute approximate surface area is 126 Å². The second kappa shape index (κ2) is 7.31. The number of benzene rings is 2. The van der Waals surface area contributed by atoms with Crippen LogP contribution in [0.15, 0.2) is 48.5 Å². The molecule has 0 radical (unpaired) electrons. The van der Waals surface area contributed by atoms with Gasteiger partial charge in [-0.3, -0.25) is 9.59 Å². The summed E-state index contributed by atoms with van der Waals surface area (Å²) >= 11 is 0. The topological polar surface area (TPSA) is 58.2 Å². The number of rotatable bonds is 5. The van der Waals surface area contributed by atoms with Gasteiger partial charge in [-0.05, 0) is 35.9 Å². The summed E-state index contributed by atoms with van der Waals surface area (Å²) in [4.78, 5) is 23.3. The number of nitrogens with one attached hydrogen (secondary N) is 2. The highest BCUT2D eigenvalue weighted by atomic mass is 19.1. The van der Waals surface area contributed by atoms with Crippen molar-refractivity contribution < 1.29 is 18.4 Å². The molecule has 6 heteroatoms. The van der Waals surface area contributed by atoms with Gasteiger partial charge >= 0.3 is 0 Å². The van der Waals surface area contributed by atoms with Crippen LogP contribution >= 0.6 is 0 Å². The van der Waals surface area contributed by atoms with Crippen molar-refractivity contribution in [2.24, 2.45) is 0 Å². The number of hydrogen-bond donors (Lipinski definition) is 2. The molecule has 0 aliphatic heterocycles. The van der Waals surface area contributed by atoms with Gasteiger partial charge in [-0.1, -0.05) is 18.2 Å². The van der Waals surface area contributed by atoms with Crippen LogP contribution in [0.3, 0.4) is 0 Å². The van der Waals surface area contributed by atoms with Crippen LogP contribution in [0.25, 0.3) is 0 Å². The van der Waals surface area contributed by atoms with E-state index in [0.717, 1.165) is 11.6 Å². The quantitative estimate of drug-likeness (QED) is 0.888. The number of amides is 2. The van der Waals surface area contributed by atoms with Crippen LogP contribution < -0.4 is 10.6 Å². The molecule has 0 spiro atoms. The molecule has 0 saturated heterocycles. The van der Waals surface area contributed by atoms with Gasteiger partial charge in [0.2, 0.25) is 5.91 Å². The summed E-state index contributed by atoms with van der Waals surface area (Å²) in [5.41, 5.74) is 0.887. The summed E-state index contributed by atoms with van der Waals surface area (Å²) in [7, 11) is 0. The van der Waals surface area contributed by atoms with Crippen molar-refractivity contribution in [3.05, 3.63) is 71.3 Å². The van der Waals surface area contributed by atoms with Crippen LogP contribution in [-0.2, 0) is 11.3 Å². The second-order valence-electron chi connectivity index (χ2n) is 4.60. The Bertz CT molecular complexity index is 672. The maximum atomic E-state index is 13.0. The predicted octanol–water partition coefficient (Wildman–Crippen LogP) is 2.01. The highest BCUT2D eigenvalue weighted by Crippen LogP contribution is 2.03. The van der Waals surface area contributed by atoms with Crippen molar-refractivity contribution in [3.8, 4) is 0 Å². The van der Waals surface area contributed by atoms with E-state index < -0.39 is 17.6 Å². The Balaban J connectivity index is 1.78. The van der Waals surface area contributed by atoms with Crippen LogP contribution in [-0.4, -0.2) is 18.4 Å². The summed E-state index contributed by atoms with van der Waals surface area (Å²) in [6.45, 7) is 0.00545. The first-order valence-corrected chi connectivity index (χ1v) is 6.59. The first-order valence-electron chi connectivity index (χ1n) is 6.59. The standard InChI is InChI=1S/C16H14F2N2O2/c17-13-6-4-11(5-7-13)9-19-15(21)10-20-16(22)12-2-1-3-14(18)8-12/h1-8H,9-10H2,(H,19,21)(H,20,22). The van der Waals surface area contributed by atoms with Crippen LogP contribution in [0.5, 0.6) is 0 Å². The molecule has 0 aliphatic rings. The molecule has 0 aliphatic carbocycles. The molecule has 0 bridgehead atoms. The molecule has 0 aromatic heterocycles. The lowest BCUT2D eigenvalue weighted by Gasteiger charge is -2.07. The van der Waals surface area contributed by atoms with Crippen molar-refractivity contribution in [3.63, 3.8) is 0 Å². The molecule has 114 valence electrons. The maximum absolute atomic E-state index is 13.0. The third kappa shape index (κ3) is 4.66. The molecule has 0 unspecified atom stereocenters. The molecule has 2 aromatic rings. The molecule has 2 rings (SSSR count). The second-order valence-corrected chi connectivity index (χ2v) is 4.60. The van der Waals surface area contributed by atoms with Crippen molar-refractivity contribution in [1.82, 2.24) is 10.6 Å². The SMILES string of the molecule is O=C(CNC(=O)c1cccc(F)c1)NCc1ccc(F)cc1. The minimum atomic E-state index is -0.531. The van der Waals surface area contributed by atoms with E-state index in [1.807, 2.05) is 0 Å². The monoisotopic (exact) mass is 304 g/mol. The predicted molar refractivity (Wildman–Crippen MR) is 77.0 cm³/mol. The molecular weight excluding hydrogens is 290 g/mol. The van der Waals surface area contributed by atoms with Gasteiger partial charge in [0.15, 0.2) is 0 Å². The Kier molecular flexibility index (Phi) is 5.19. The van der Waals surface area contributed by atoms with Gasteiger partial charge < -0.3 is 10.6 Å². The Morgan fingerprint density at radius 2 is 1.64 bits per heavy atom. The lowest BCUT2D eigenvalue weighted by Crippen LogP contribution is -2.36. The van der Waals surface area contributed by atoms with E-state index >= 15 is 0 Å². The molecule has 0 heterocycles. The van der Waals surface area contributed by atoms with Crippen LogP contribution in [0.1, 0.15) is 15.9 Å². The van der Waals surface area contributed by atoms with Crippen LogP contribution in [0.4, 0.5) is 8.78 Å². The molecule has 2 aromatic carbocycles. The summed E-state index contributed by atoms with van der Waals surface area (Å²) in [5, 5.41) is 4.98. The van der Waals surface area contributed by atoms with Crippen molar-refractivity contribution in [2.45, 2.75) is 6.54 Å². The zero-order valence-electron chi connectivity index (χ0n) is 11.6. The third-order valence-electron chi connectivity index (χ3n) is 2.90. The van der Waals surface area contributed by atoms with E-state index in [4.69, 9.17) is 0 Å². The third-order valence-corrected chi connectivity index (χ3v) is 2.90. The van der Waals surface area contributed by atoms with Gasteiger partial charge in [-0.25, -0.2) is 8.78 Å². The number of hydrogen-bond acceptors (Lipinski definition) is 2. The van der Waals surface area contributed by atoms with Crippen molar-refractivity contribution in [2.75, 3.05) is 6.54 Å².